The quantitative estimate of drug-likeness (QED) is 0.635. The monoisotopic (exact) mass is 461 g/mol. The zero-order chi connectivity index (χ0) is 23.4. The molecule has 0 unspecified atom stereocenters. The molecule has 0 atom stereocenters. The molecule has 2 aromatic carbocycles. The summed E-state index contributed by atoms with van der Waals surface area (Å²) in [7, 11) is -3.48. The van der Waals surface area contributed by atoms with Gasteiger partial charge in [0.05, 0.1) is 4.90 Å². The Morgan fingerprint density at radius 1 is 0.969 bits per heavy atom. The SMILES string of the molecule is CC(C)(C)C(=O)N(CCN1CCN(S(=O)(=O)c2ccccc2)CC1)Cc1ccc(F)cc1. The Morgan fingerprint density at radius 2 is 1.56 bits per heavy atom. The van der Waals surface area contributed by atoms with Gasteiger partial charge in [-0.05, 0) is 29.8 Å². The molecule has 6 nitrogen and oxygen atoms in total. The van der Waals surface area contributed by atoms with E-state index in [9.17, 15) is 17.6 Å². The third-order valence-corrected chi connectivity index (χ3v) is 7.53. The summed E-state index contributed by atoms with van der Waals surface area (Å²) in [6.07, 6.45) is 0. The van der Waals surface area contributed by atoms with Crippen LogP contribution in [-0.2, 0) is 21.4 Å². The molecule has 0 aromatic heterocycles. The number of nitrogens with zero attached hydrogens (tertiary/aromatic N) is 3. The molecule has 1 amide bonds. The maximum atomic E-state index is 13.3. The van der Waals surface area contributed by atoms with Gasteiger partial charge in [-0.15, -0.1) is 0 Å². The van der Waals surface area contributed by atoms with Crippen LogP contribution in [0.1, 0.15) is 26.3 Å². The lowest BCUT2D eigenvalue weighted by Gasteiger charge is -2.36. The minimum atomic E-state index is -3.48. The molecule has 1 saturated heterocycles. The van der Waals surface area contributed by atoms with Crippen molar-refractivity contribution < 1.29 is 17.6 Å². The highest BCUT2D eigenvalue weighted by molar-refractivity contribution is 7.89. The average Bonchev–Trinajstić information content (AvgIpc) is 2.77. The standard InChI is InChI=1S/C24H32FN3O3S/c1-24(2,3)23(29)27(19-20-9-11-21(25)12-10-20)16-13-26-14-17-28(18-15-26)32(30,31)22-7-5-4-6-8-22/h4-12H,13-19H2,1-3H3. The lowest BCUT2D eigenvalue weighted by molar-refractivity contribution is -0.140. The zero-order valence-electron chi connectivity index (χ0n) is 19.0. The van der Waals surface area contributed by atoms with Gasteiger partial charge in [0, 0.05) is 51.2 Å². The minimum absolute atomic E-state index is 0.0344. The largest absolute Gasteiger partial charge is 0.337 e. The Morgan fingerprint density at radius 3 is 2.12 bits per heavy atom. The van der Waals surface area contributed by atoms with Gasteiger partial charge in [-0.3, -0.25) is 9.69 Å². The average molecular weight is 462 g/mol. The molecule has 0 spiro atoms. The van der Waals surface area contributed by atoms with E-state index in [4.69, 9.17) is 0 Å². The number of sulfonamides is 1. The number of carbonyl (C=O) groups is 1. The molecule has 1 aliphatic heterocycles. The van der Waals surface area contributed by atoms with E-state index in [0.29, 0.717) is 50.7 Å². The van der Waals surface area contributed by atoms with Crippen molar-refractivity contribution in [3.05, 3.63) is 66.0 Å². The van der Waals surface area contributed by atoms with Crippen molar-refractivity contribution in [2.75, 3.05) is 39.3 Å². The highest BCUT2D eigenvalue weighted by Crippen LogP contribution is 2.20. The number of amides is 1. The summed E-state index contributed by atoms with van der Waals surface area (Å²) < 4.78 is 40.4. The summed E-state index contributed by atoms with van der Waals surface area (Å²) in [6, 6.07) is 14.7. The summed E-state index contributed by atoms with van der Waals surface area (Å²) in [4.78, 5) is 17.3. The summed E-state index contributed by atoms with van der Waals surface area (Å²) in [6.45, 7) is 9.33. The van der Waals surface area contributed by atoms with E-state index >= 15 is 0 Å². The molecule has 174 valence electrons. The van der Waals surface area contributed by atoms with E-state index in [1.807, 2.05) is 20.8 Å². The molecular formula is C24H32FN3O3S. The first-order valence-electron chi connectivity index (χ1n) is 10.9. The fourth-order valence-electron chi connectivity index (χ4n) is 3.73. The van der Waals surface area contributed by atoms with E-state index < -0.39 is 15.4 Å². The van der Waals surface area contributed by atoms with Crippen LogP contribution in [-0.4, -0.2) is 67.7 Å². The van der Waals surface area contributed by atoms with Gasteiger partial charge < -0.3 is 4.90 Å². The lowest BCUT2D eigenvalue weighted by Crippen LogP contribution is -2.51. The van der Waals surface area contributed by atoms with Crippen LogP contribution < -0.4 is 0 Å². The van der Waals surface area contributed by atoms with Crippen LogP contribution in [0.3, 0.4) is 0 Å². The molecular weight excluding hydrogens is 429 g/mol. The Hall–Kier alpha value is -2.29. The Labute approximate surface area is 190 Å². The predicted molar refractivity (Wildman–Crippen MR) is 123 cm³/mol. The van der Waals surface area contributed by atoms with Crippen molar-refractivity contribution >= 4 is 15.9 Å². The molecule has 1 fully saturated rings. The van der Waals surface area contributed by atoms with Crippen molar-refractivity contribution in [1.29, 1.82) is 0 Å². The number of halogens is 1. The van der Waals surface area contributed by atoms with E-state index in [1.165, 1.54) is 16.4 Å². The lowest BCUT2D eigenvalue weighted by atomic mass is 9.94. The fourth-order valence-corrected chi connectivity index (χ4v) is 5.18. The van der Waals surface area contributed by atoms with Crippen LogP contribution in [0.25, 0.3) is 0 Å². The summed E-state index contributed by atoms with van der Waals surface area (Å²) in [5.74, 6) is -0.266. The molecule has 0 N–H and O–H groups in total. The molecule has 32 heavy (non-hydrogen) atoms. The number of benzene rings is 2. The van der Waals surface area contributed by atoms with Gasteiger partial charge in [-0.25, -0.2) is 12.8 Å². The van der Waals surface area contributed by atoms with Crippen LogP contribution in [0.5, 0.6) is 0 Å². The van der Waals surface area contributed by atoms with Crippen LogP contribution in [0.15, 0.2) is 59.5 Å². The van der Waals surface area contributed by atoms with E-state index in [2.05, 4.69) is 4.90 Å². The molecule has 3 rings (SSSR count). The highest BCUT2D eigenvalue weighted by Gasteiger charge is 2.30. The van der Waals surface area contributed by atoms with Gasteiger partial charge in [0.15, 0.2) is 0 Å². The predicted octanol–water partition coefficient (Wildman–Crippen LogP) is 3.21. The van der Waals surface area contributed by atoms with Crippen LogP contribution in [0.2, 0.25) is 0 Å². The fraction of sp³-hybridized carbons (Fsp3) is 0.458. The first-order valence-corrected chi connectivity index (χ1v) is 12.3. The first-order chi connectivity index (χ1) is 15.1. The number of hydrogen-bond acceptors (Lipinski definition) is 4. The molecule has 1 heterocycles. The Bertz CT molecular complexity index is 997. The van der Waals surface area contributed by atoms with Gasteiger partial charge in [0.2, 0.25) is 15.9 Å². The van der Waals surface area contributed by atoms with Gasteiger partial charge >= 0.3 is 0 Å². The highest BCUT2D eigenvalue weighted by atomic mass is 32.2. The van der Waals surface area contributed by atoms with Crippen molar-refractivity contribution in [1.82, 2.24) is 14.1 Å². The zero-order valence-corrected chi connectivity index (χ0v) is 19.8. The second-order valence-corrected chi connectivity index (χ2v) is 11.1. The van der Waals surface area contributed by atoms with Crippen LogP contribution in [0.4, 0.5) is 4.39 Å². The summed E-state index contributed by atoms with van der Waals surface area (Å²) >= 11 is 0. The molecule has 8 heteroatoms. The van der Waals surface area contributed by atoms with Crippen molar-refractivity contribution in [3.63, 3.8) is 0 Å². The van der Waals surface area contributed by atoms with E-state index in [1.54, 1.807) is 47.4 Å². The molecule has 2 aromatic rings. The smallest absolute Gasteiger partial charge is 0.243 e. The molecule has 0 aliphatic carbocycles. The summed E-state index contributed by atoms with van der Waals surface area (Å²) in [5.41, 5.74) is 0.352. The second kappa shape index (κ2) is 10.1. The third kappa shape index (κ3) is 6.15. The number of rotatable bonds is 7. The normalized spacial score (nSPS) is 16.1. The number of carbonyl (C=O) groups excluding carboxylic acids is 1. The van der Waals surface area contributed by atoms with Gasteiger partial charge in [-0.1, -0.05) is 51.1 Å². The molecule has 0 saturated carbocycles. The van der Waals surface area contributed by atoms with Crippen LogP contribution in [0, 0.1) is 11.2 Å². The topological polar surface area (TPSA) is 60.9 Å². The van der Waals surface area contributed by atoms with Gasteiger partial charge in [0.1, 0.15) is 5.82 Å². The molecule has 0 bridgehead atoms. The maximum Gasteiger partial charge on any atom is 0.243 e. The van der Waals surface area contributed by atoms with Crippen LogP contribution >= 0.6 is 0 Å². The minimum Gasteiger partial charge on any atom is -0.337 e. The second-order valence-electron chi connectivity index (χ2n) is 9.16. The van der Waals surface area contributed by atoms with Gasteiger partial charge in [-0.2, -0.15) is 4.31 Å². The van der Waals surface area contributed by atoms with Crippen molar-refractivity contribution in [2.45, 2.75) is 32.2 Å². The van der Waals surface area contributed by atoms with E-state index in [-0.39, 0.29) is 11.7 Å². The number of hydrogen-bond donors (Lipinski definition) is 0. The molecule has 0 radical (unpaired) electrons. The van der Waals surface area contributed by atoms with Crippen molar-refractivity contribution in [2.24, 2.45) is 5.41 Å². The maximum absolute atomic E-state index is 13.3. The summed E-state index contributed by atoms with van der Waals surface area (Å²) in [5, 5.41) is 0. The molecule has 1 aliphatic rings. The Balaban J connectivity index is 1.59. The first kappa shape index (κ1) is 24.4. The van der Waals surface area contributed by atoms with Gasteiger partial charge in [0.25, 0.3) is 0 Å². The third-order valence-electron chi connectivity index (χ3n) is 5.61. The van der Waals surface area contributed by atoms with Crippen molar-refractivity contribution in [3.8, 4) is 0 Å². The Kier molecular flexibility index (Phi) is 7.69. The number of piperazine rings is 1. The van der Waals surface area contributed by atoms with E-state index in [0.717, 1.165) is 5.56 Å².